The highest BCUT2D eigenvalue weighted by molar-refractivity contribution is 9.10. The number of sulfone groups is 1. The molecule has 1 aromatic carbocycles. The number of nitrogens with zero attached hydrogens (tertiary/aromatic N) is 1. The fraction of sp³-hybridized carbons (Fsp3) is 0.286. The molecule has 22 heavy (non-hydrogen) atoms. The van der Waals surface area contributed by atoms with Gasteiger partial charge in [-0.05, 0) is 30.2 Å². The summed E-state index contributed by atoms with van der Waals surface area (Å²) in [5, 5.41) is 0. The van der Waals surface area contributed by atoms with Crippen LogP contribution in [0.15, 0.2) is 33.6 Å². The molecule has 2 aliphatic heterocycles. The summed E-state index contributed by atoms with van der Waals surface area (Å²) in [5.74, 6) is -0.0692. The van der Waals surface area contributed by atoms with Crippen LogP contribution in [-0.4, -0.2) is 41.1 Å². The summed E-state index contributed by atoms with van der Waals surface area (Å²) in [6, 6.07) is 7.28. The molecule has 4 nitrogen and oxygen atoms in total. The summed E-state index contributed by atoms with van der Waals surface area (Å²) in [6.45, 7) is 0. The Morgan fingerprint density at radius 1 is 1.41 bits per heavy atom. The van der Waals surface area contributed by atoms with Gasteiger partial charge in [0.2, 0.25) is 0 Å². The van der Waals surface area contributed by atoms with Crippen LogP contribution >= 0.6 is 39.9 Å². The molecule has 0 saturated carbocycles. The van der Waals surface area contributed by atoms with E-state index < -0.39 is 9.84 Å². The quantitative estimate of drug-likeness (QED) is 0.546. The van der Waals surface area contributed by atoms with E-state index in [1.54, 1.807) is 6.08 Å². The Bertz CT molecular complexity index is 788. The molecule has 0 spiro atoms. The monoisotopic (exact) mass is 417 g/mol. The smallest absolute Gasteiger partial charge is 0.266 e. The van der Waals surface area contributed by atoms with Crippen LogP contribution in [0.5, 0.6) is 0 Å². The third-order valence-corrected chi connectivity index (χ3v) is 7.12. The van der Waals surface area contributed by atoms with Gasteiger partial charge in [0.05, 0.1) is 22.5 Å². The Hall–Kier alpha value is -0.700. The Kier molecular flexibility index (Phi) is 4.46. The number of carbonyl (C=O) groups excluding carboxylic acids is 1. The van der Waals surface area contributed by atoms with E-state index in [4.69, 9.17) is 12.2 Å². The molecule has 0 aromatic heterocycles. The highest BCUT2D eigenvalue weighted by atomic mass is 79.9. The van der Waals surface area contributed by atoms with Crippen LogP contribution in [-0.2, 0) is 14.6 Å². The second-order valence-electron chi connectivity index (χ2n) is 5.16. The highest BCUT2D eigenvalue weighted by Crippen LogP contribution is 2.36. The second kappa shape index (κ2) is 6.07. The number of carbonyl (C=O) groups is 1. The predicted molar refractivity (Wildman–Crippen MR) is 96.2 cm³/mol. The first-order valence-electron chi connectivity index (χ1n) is 6.59. The lowest BCUT2D eigenvalue weighted by Crippen LogP contribution is -2.39. The molecule has 0 radical (unpaired) electrons. The van der Waals surface area contributed by atoms with Crippen molar-refractivity contribution < 1.29 is 13.2 Å². The van der Waals surface area contributed by atoms with Crippen LogP contribution in [0, 0.1) is 0 Å². The number of benzene rings is 1. The molecule has 0 N–H and O–H groups in total. The minimum Gasteiger partial charge on any atom is -0.289 e. The molecule has 2 heterocycles. The van der Waals surface area contributed by atoms with Gasteiger partial charge in [0.25, 0.3) is 5.91 Å². The fourth-order valence-electron chi connectivity index (χ4n) is 2.52. The summed E-state index contributed by atoms with van der Waals surface area (Å²) < 4.78 is 24.6. The highest BCUT2D eigenvalue weighted by Gasteiger charge is 2.42. The largest absolute Gasteiger partial charge is 0.289 e. The van der Waals surface area contributed by atoms with Crippen molar-refractivity contribution in [1.82, 2.24) is 4.90 Å². The van der Waals surface area contributed by atoms with E-state index in [1.165, 1.54) is 16.7 Å². The molecular weight excluding hydrogens is 406 g/mol. The summed E-state index contributed by atoms with van der Waals surface area (Å²) in [6.07, 6.45) is 2.24. The summed E-state index contributed by atoms with van der Waals surface area (Å²) >= 11 is 9.89. The molecule has 3 rings (SSSR count). The maximum atomic E-state index is 12.5. The van der Waals surface area contributed by atoms with E-state index in [-0.39, 0.29) is 23.5 Å². The van der Waals surface area contributed by atoms with Gasteiger partial charge < -0.3 is 0 Å². The van der Waals surface area contributed by atoms with Crippen LogP contribution in [0.25, 0.3) is 6.08 Å². The standard InChI is InChI=1S/C14H12BrNO3S3/c15-10-3-1-2-9(6-10)7-12-13(17)16(14(20)21-12)11-4-5-22(18,19)8-11/h1-3,6-7,11H,4-5,8H2/b12-7-/t11-/m1/s1. The number of halogens is 1. The summed E-state index contributed by atoms with van der Waals surface area (Å²) in [4.78, 5) is 14.5. The third-order valence-electron chi connectivity index (χ3n) is 3.54. The Balaban J connectivity index is 1.86. The number of hydrogen-bond donors (Lipinski definition) is 0. The summed E-state index contributed by atoms with van der Waals surface area (Å²) in [7, 11) is -3.05. The minimum absolute atomic E-state index is 0.00358. The first kappa shape index (κ1) is 16.2. The average Bonchev–Trinajstić information content (AvgIpc) is 2.90. The molecule has 116 valence electrons. The van der Waals surface area contributed by atoms with Crippen molar-refractivity contribution in [3.8, 4) is 0 Å². The van der Waals surface area contributed by atoms with Crippen molar-refractivity contribution in [2.75, 3.05) is 11.5 Å². The van der Waals surface area contributed by atoms with Gasteiger partial charge in [-0.3, -0.25) is 9.69 Å². The minimum atomic E-state index is -3.05. The number of rotatable bonds is 2. The average molecular weight is 418 g/mol. The normalized spacial score (nSPS) is 26.1. The lowest BCUT2D eigenvalue weighted by atomic mass is 10.2. The van der Waals surface area contributed by atoms with Crippen molar-refractivity contribution in [1.29, 1.82) is 0 Å². The van der Waals surface area contributed by atoms with E-state index in [0.717, 1.165) is 10.0 Å². The Labute approximate surface area is 147 Å². The van der Waals surface area contributed by atoms with Gasteiger partial charge in [-0.25, -0.2) is 8.42 Å². The van der Waals surface area contributed by atoms with Crippen molar-refractivity contribution >= 4 is 66.1 Å². The maximum absolute atomic E-state index is 12.5. The molecule has 2 saturated heterocycles. The molecule has 1 aromatic rings. The molecule has 2 fully saturated rings. The van der Waals surface area contributed by atoms with Crippen LogP contribution in [0.4, 0.5) is 0 Å². The maximum Gasteiger partial charge on any atom is 0.266 e. The zero-order valence-electron chi connectivity index (χ0n) is 11.4. The summed E-state index contributed by atoms with van der Waals surface area (Å²) in [5.41, 5.74) is 0.897. The molecule has 0 bridgehead atoms. The second-order valence-corrected chi connectivity index (χ2v) is 9.98. The molecule has 1 amide bonds. The fourth-order valence-corrected chi connectivity index (χ4v) is 6.04. The van der Waals surface area contributed by atoms with E-state index >= 15 is 0 Å². The SMILES string of the molecule is O=C1/C(=C/c2cccc(Br)c2)SC(=S)N1[C@@H]1CCS(=O)(=O)C1. The number of hydrogen-bond acceptors (Lipinski definition) is 5. The molecule has 0 unspecified atom stereocenters. The van der Waals surface area contributed by atoms with E-state index in [1.807, 2.05) is 24.3 Å². The van der Waals surface area contributed by atoms with Gasteiger partial charge in [-0.2, -0.15) is 0 Å². The van der Waals surface area contributed by atoms with Crippen LogP contribution in [0.1, 0.15) is 12.0 Å². The van der Waals surface area contributed by atoms with Gasteiger partial charge in [0.15, 0.2) is 9.84 Å². The zero-order chi connectivity index (χ0) is 15.9. The van der Waals surface area contributed by atoms with Gasteiger partial charge in [0, 0.05) is 4.47 Å². The number of amides is 1. The molecule has 8 heteroatoms. The molecule has 1 atom stereocenters. The lowest BCUT2D eigenvalue weighted by Gasteiger charge is -2.20. The molecule has 0 aliphatic carbocycles. The number of thioether (sulfide) groups is 1. The van der Waals surface area contributed by atoms with Gasteiger partial charge >= 0.3 is 0 Å². The first-order chi connectivity index (χ1) is 10.4. The Morgan fingerprint density at radius 3 is 2.82 bits per heavy atom. The van der Waals surface area contributed by atoms with E-state index in [9.17, 15) is 13.2 Å². The zero-order valence-corrected chi connectivity index (χ0v) is 15.4. The van der Waals surface area contributed by atoms with Crippen molar-refractivity contribution in [3.63, 3.8) is 0 Å². The van der Waals surface area contributed by atoms with Gasteiger partial charge in [0.1, 0.15) is 4.32 Å². The van der Waals surface area contributed by atoms with Crippen molar-refractivity contribution in [2.45, 2.75) is 12.5 Å². The van der Waals surface area contributed by atoms with Crippen LogP contribution in [0.2, 0.25) is 0 Å². The molecule has 2 aliphatic rings. The van der Waals surface area contributed by atoms with E-state index in [0.29, 0.717) is 15.6 Å². The Morgan fingerprint density at radius 2 is 2.18 bits per heavy atom. The molecular formula is C14H12BrNO3S3. The van der Waals surface area contributed by atoms with E-state index in [2.05, 4.69) is 15.9 Å². The van der Waals surface area contributed by atoms with Crippen LogP contribution in [0.3, 0.4) is 0 Å². The van der Waals surface area contributed by atoms with Crippen molar-refractivity contribution in [2.24, 2.45) is 0 Å². The third kappa shape index (κ3) is 3.29. The van der Waals surface area contributed by atoms with Gasteiger partial charge in [-0.15, -0.1) is 0 Å². The van der Waals surface area contributed by atoms with Gasteiger partial charge in [-0.1, -0.05) is 52.0 Å². The number of thiocarbonyl (C=S) groups is 1. The first-order valence-corrected chi connectivity index (χ1v) is 10.4. The van der Waals surface area contributed by atoms with Crippen LogP contribution < -0.4 is 0 Å². The van der Waals surface area contributed by atoms with Crippen molar-refractivity contribution in [3.05, 3.63) is 39.2 Å². The lowest BCUT2D eigenvalue weighted by molar-refractivity contribution is -0.123. The predicted octanol–water partition coefficient (Wildman–Crippen LogP) is 2.84. The topological polar surface area (TPSA) is 54.5 Å².